The summed E-state index contributed by atoms with van der Waals surface area (Å²) >= 11 is 0. The molecule has 0 saturated carbocycles. The van der Waals surface area contributed by atoms with Gasteiger partial charge in [0.25, 0.3) is 0 Å². The van der Waals surface area contributed by atoms with Gasteiger partial charge in [0.2, 0.25) is 0 Å². The summed E-state index contributed by atoms with van der Waals surface area (Å²) in [5.74, 6) is -0.186. The Morgan fingerprint density at radius 1 is 1.64 bits per heavy atom. The minimum atomic E-state index is -0.186. The number of allylic oxidation sites excluding steroid dienone is 2. The van der Waals surface area contributed by atoms with Crippen LogP contribution >= 0.6 is 0 Å². The third-order valence-corrected chi connectivity index (χ3v) is 1.22. The molecule has 0 atom stereocenters. The molecule has 0 saturated heterocycles. The highest BCUT2D eigenvalue weighted by Gasteiger charge is 1.96. The maximum Gasteiger partial charge on any atom is 0.309 e. The average Bonchev–Trinajstić information content (AvgIpc) is 2.01. The monoisotopic (exact) mass is 154 g/mol. The summed E-state index contributed by atoms with van der Waals surface area (Å²) in [4.78, 5) is 10.8. The van der Waals surface area contributed by atoms with Crippen LogP contribution in [-0.4, -0.2) is 12.6 Å². The van der Waals surface area contributed by atoms with Crippen LogP contribution in [-0.2, 0) is 9.53 Å². The Kier molecular flexibility index (Phi) is 5.17. The molecule has 11 heavy (non-hydrogen) atoms. The van der Waals surface area contributed by atoms with Crippen LogP contribution in [0.3, 0.4) is 0 Å². The number of esters is 1. The van der Waals surface area contributed by atoms with E-state index in [-0.39, 0.29) is 5.97 Å². The van der Waals surface area contributed by atoms with Crippen LogP contribution in [0.4, 0.5) is 0 Å². The molecule has 0 aliphatic rings. The van der Waals surface area contributed by atoms with Crippen LogP contribution in [0, 0.1) is 0 Å². The molecule has 0 aromatic rings. The number of hydrogen-bond donors (Lipinski definition) is 0. The molecule has 0 amide bonds. The largest absolute Gasteiger partial charge is 0.466 e. The number of carbonyl (C=O) groups excluding carboxylic acids is 1. The van der Waals surface area contributed by atoms with Crippen molar-refractivity contribution in [2.45, 2.75) is 20.3 Å². The van der Waals surface area contributed by atoms with Gasteiger partial charge < -0.3 is 4.74 Å². The molecule has 62 valence electrons. The molecule has 0 aromatic carbocycles. The lowest BCUT2D eigenvalue weighted by molar-refractivity contribution is -0.142. The summed E-state index contributed by atoms with van der Waals surface area (Å²) in [6, 6.07) is 0. The van der Waals surface area contributed by atoms with Gasteiger partial charge in [-0.3, -0.25) is 4.79 Å². The zero-order chi connectivity index (χ0) is 8.69. The van der Waals surface area contributed by atoms with Crippen molar-refractivity contribution < 1.29 is 9.53 Å². The highest BCUT2D eigenvalue weighted by atomic mass is 16.5. The molecule has 0 radical (unpaired) electrons. The maximum atomic E-state index is 10.8. The summed E-state index contributed by atoms with van der Waals surface area (Å²) in [6.45, 7) is 7.70. The van der Waals surface area contributed by atoms with E-state index in [0.29, 0.717) is 13.0 Å². The molecular formula is C9H14O2. The summed E-state index contributed by atoms with van der Waals surface area (Å²) in [5.41, 5.74) is 0.998. The second-order valence-electron chi connectivity index (χ2n) is 2.16. The first kappa shape index (κ1) is 9.95. The van der Waals surface area contributed by atoms with Crippen LogP contribution < -0.4 is 0 Å². The second kappa shape index (κ2) is 5.71. The van der Waals surface area contributed by atoms with E-state index in [2.05, 4.69) is 6.58 Å². The molecule has 0 aliphatic carbocycles. The standard InChI is InChI=1S/C9H14O2/c1-4-8(3)6-7-9(10)11-5-2/h4,6H,1,5,7H2,2-3H3. The van der Waals surface area contributed by atoms with Gasteiger partial charge in [-0.2, -0.15) is 0 Å². The summed E-state index contributed by atoms with van der Waals surface area (Å²) in [7, 11) is 0. The average molecular weight is 154 g/mol. The van der Waals surface area contributed by atoms with E-state index in [1.165, 1.54) is 0 Å². The number of hydrogen-bond acceptors (Lipinski definition) is 2. The van der Waals surface area contributed by atoms with E-state index in [1.807, 2.05) is 6.92 Å². The molecule has 0 unspecified atom stereocenters. The van der Waals surface area contributed by atoms with Crippen LogP contribution in [0.2, 0.25) is 0 Å². The molecule has 2 nitrogen and oxygen atoms in total. The first-order chi connectivity index (χ1) is 5.20. The van der Waals surface area contributed by atoms with Crippen molar-refractivity contribution in [1.82, 2.24) is 0 Å². The van der Waals surface area contributed by atoms with Gasteiger partial charge in [-0.25, -0.2) is 0 Å². The Morgan fingerprint density at radius 2 is 2.27 bits per heavy atom. The van der Waals surface area contributed by atoms with Crippen molar-refractivity contribution in [3.05, 3.63) is 24.3 Å². The molecule has 0 rings (SSSR count). The lowest BCUT2D eigenvalue weighted by Gasteiger charge is -1.97. The molecule has 0 aliphatic heterocycles. The molecule has 0 spiro atoms. The Hall–Kier alpha value is -1.05. The molecule has 0 bridgehead atoms. The number of carbonyl (C=O) groups is 1. The summed E-state index contributed by atoms with van der Waals surface area (Å²) in [6.07, 6.45) is 3.84. The third-order valence-electron chi connectivity index (χ3n) is 1.22. The quantitative estimate of drug-likeness (QED) is 0.457. The van der Waals surface area contributed by atoms with E-state index in [1.54, 1.807) is 19.1 Å². The lowest BCUT2D eigenvalue weighted by Crippen LogP contribution is -2.01. The molecule has 0 fully saturated rings. The van der Waals surface area contributed by atoms with Crippen molar-refractivity contribution in [3.8, 4) is 0 Å². The van der Waals surface area contributed by atoms with Crippen molar-refractivity contribution in [3.63, 3.8) is 0 Å². The van der Waals surface area contributed by atoms with Crippen molar-refractivity contribution in [2.75, 3.05) is 6.61 Å². The highest BCUT2D eigenvalue weighted by Crippen LogP contribution is 1.96. The van der Waals surface area contributed by atoms with Gasteiger partial charge >= 0.3 is 5.97 Å². The topological polar surface area (TPSA) is 26.3 Å². The maximum absolute atomic E-state index is 10.8. The molecule has 0 aromatic heterocycles. The Bertz CT molecular complexity index is 168. The fraction of sp³-hybridized carbons (Fsp3) is 0.444. The van der Waals surface area contributed by atoms with Gasteiger partial charge in [-0.05, 0) is 13.8 Å². The highest BCUT2D eigenvalue weighted by molar-refractivity contribution is 5.71. The SMILES string of the molecule is C=CC(C)=CCC(=O)OCC. The zero-order valence-electron chi connectivity index (χ0n) is 7.09. The predicted molar refractivity (Wildman–Crippen MR) is 45.2 cm³/mol. The lowest BCUT2D eigenvalue weighted by atomic mass is 10.2. The zero-order valence-corrected chi connectivity index (χ0v) is 7.09. The summed E-state index contributed by atoms with van der Waals surface area (Å²) in [5, 5.41) is 0. The first-order valence-corrected chi connectivity index (χ1v) is 3.65. The smallest absolute Gasteiger partial charge is 0.309 e. The van der Waals surface area contributed by atoms with Gasteiger partial charge in [0.1, 0.15) is 0 Å². The molecule has 0 N–H and O–H groups in total. The normalized spacial score (nSPS) is 10.9. The minimum absolute atomic E-state index is 0.186. The van der Waals surface area contributed by atoms with Gasteiger partial charge in [-0.1, -0.05) is 24.3 Å². The van der Waals surface area contributed by atoms with E-state index in [0.717, 1.165) is 5.57 Å². The Balaban J connectivity index is 3.68. The third kappa shape index (κ3) is 5.40. The van der Waals surface area contributed by atoms with Gasteiger partial charge in [0.15, 0.2) is 0 Å². The molecule has 2 heteroatoms. The van der Waals surface area contributed by atoms with Gasteiger partial charge in [0, 0.05) is 0 Å². The van der Waals surface area contributed by atoms with Crippen LogP contribution in [0.25, 0.3) is 0 Å². The summed E-state index contributed by atoms with van der Waals surface area (Å²) < 4.78 is 4.72. The van der Waals surface area contributed by atoms with Crippen LogP contribution in [0.15, 0.2) is 24.3 Å². The fourth-order valence-corrected chi connectivity index (χ4v) is 0.548. The van der Waals surface area contributed by atoms with Gasteiger partial charge in [0.05, 0.1) is 13.0 Å². The van der Waals surface area contributed by atoms with Crippen LogP contribution in [0.5, 0.6) is 0 Å². The second-order valence-corrected chi connectivity index (χ2v) is 2.16. The Morgan fingerprint density at radius 3 is 2.73 bits per heavy atom. The fourth-order valence-electron chi connectivity index (χ4n) is 0.548. The predicted octanol–water partition coefficient (Wildman–Crippen LogP) is 2.07. The Labute approximate surface area is 67.6 Å². The van der Waals surface area contributed by atoms with E-state index in [9.17, 15) is 4.79 Å². The van der Waals surface area contributed by atoms with Gasteiger partial charge in [-0.15, -0.1) is 0 Å². The van der Waals surface area contributed by atoms with Crippen LogP contribution in [0.1, 0.15) is 20.3 Å². The minimum Gasteiger partial charge on any atom is -0.466 e. The number of ether oxygens (including phenoxy) is 1. The van der Waals surface area contributed by atoms with Crippen molar-refractivity contribution in [1.29, 1.82) is 0 Å². The van der Waals surface area contributed by atoms with Crippen molar-refractivity contribution >= 4 is 5.97 Å². The van der Waals surface area contributed by atoms with Crippen molar-refractivity contribution in [2.24, 2.45) is 0 Å². The number of rotatable bonds is 4. The van der Waals surface area contributed by atoms with E-state index >= 15 is 0 Å². The molecular weight excluding hydrogens is 140 g/mol. The first-order valence-electron chi connectivity index (χ1n) is 3.65. The van der Waals surface area contributed by atoms with E-state index < -0.39 is 0 Å². The molecule has 0 heterocycles. The van der Waals surface area contributed by atoms with E-state index in [4.69, 9.17) is 4.74 Å².